The lowest BCUT2D eigenvalue weighted by molar-refractivity contribution is -0.179. The predicted molar refractivity (Wildman–Crippen MR) is 164 cm³/mol. The number of nitrogens with zero attached hydrogens (tertiary/aromatic N) is 2. The van der Waals surface area contributed by atoms with E-state index in [4.69, 9.17) is 4.74 Å². The molecule has 6 rings (SSSR count). The Morgan fingerprint density at radius 3 is 1.98 bits per heavy atom. The maximum absolute atomic E-state index is 14.9. The van der Waals surface area contributed by atoms with Crippen LogP contribution in [0.25, 0.3) is 0 Å². The molecule has 5 nitrogen and oxygen atoms in total. The van der Waals surface area contributed by atoms with Crippen LogP contribution in [0.3, 0.4) is 0 Å². The summed E-state index contributed by atoms with van der Waals surface area (Å²) in [6, 6.07) is 36.7. The lowest BCUT2D eigenvalue weighted by Crippen LogP contribution is -2.73. The standard InChI is InChI=1S/C37H30F2N2O3/c1-44-33-14-8-13-29(23-33)35(42)41(25-27-11-6-3-7-12-27)37(30-17-21-32(39)22-18-30)34(28-15-19-31(38)20-16-28)40(36(37)43)24-26-9-4-2-5-10-26/h2-23,34H,24-25H2,1H3/t34-,37+/m1/s1. The third-order valence-electron chi connectivity index (χ3n) is 8.13. The van der Waals surface area contributed by atoms with E-state index in [1.165, 1.54) is 31.4 Å². The van der Waals surface area contributed by atoms with Gasteiger partial charge in [-0.2, -0.15) is 0 Å². The van der Waals surface area contributed by atoms with Crippen LogP contribution in [-0.4, -0.2) is 28.7 Å². The van der Waals surface area contributed by atoms with Crippen molar-refractivity contribution in [1.82, 2.24) is 9.80 Å². The third kappa shape index (κ3) is 5.22. The molecule has 0 radical (unpaired) electrons. The number of methoxy groups -OCH3 is 1. The summed E-state index contributed by atoms with van der Waals surface area (Å²) in [5.74, 6) is -1.13. The van der Waals surface area contributed by atoms with Crippen molar-refractivity contribution in [3.8, 4) is 5.75 Å². The average molecular weight is 589 g/mol. The van der Waals surface area contributed by atoms with E-state index in [9.17, 15) is 18.4 Å². The molecular weight excluding hydrogens is 558 g/mol. The molecule has 0 aromatic heterocycles. The molecule has 0 bridgehead atoms. The van der Waals surface area contributed by atoms with E-state index >= 15 is 0 Å². The average Bonchev–Trinajstić information content (AvgIpc) is 3.07. The summed E-state index contributed by atoms with van der Waals surface area (Å²) in [7, 11) is 1.52. The molecule has 5 aromatic rings. The minimum absolute atomic E-state index is 0.0802. The van der Waals surface area contributed by atoms with Crippen LogP contribution in [0.1, 0.15) is 38.7 Å². The SMILES string of the molecule is COc1cccc(C(=O)N(Cc2ccccc2)[C@]2(c3ccc(F)cc3)C(=O)N(Cc3ccccc3)[C@@H]2c2ccc(F)cc2)c1. The molecule has 1 saturated heterocycles. The smallest absolute Gasteiger partial charge is 0.256 e. The first-order chi connectivity index (χ1) is 21.4. The number of hydrogen-bond acceptors (Lipinski definition) is 3. The van der Waals surface area contributed by atoms with Gasteiger partial charge in [-0.1, -0.05) is 91.0 Å². The Kier molecular flexibility index (Phi) is 7.94. The van der Waals surface area contributed by atoms with Gasteiger partial charge in [0.1, 0.15) is 17.4 Å². The van der Waals surface area contributed by atoms with Gasteiger partial charge in [0.15, 0.2) is 5.54 Å². The highest BCUT2D eigenvalue weighted by atomic mass is 19.1. The highest BCUT2D eigenvalue weighted by Crippen LogP contribution is 2.55. The maximum Gasteiger partial charge on any atom is 0.256 e. The molecule has 2 amide bonds. The molecule has 0 unspecified atom stereocenters. The van der Waals surface area contributed by atoms with Crippen molar-refractivity contribution < 1.29 is 23.1 Å². The number of β-lactam (4-membered cyclic amide) rings is 1. The number of rotatable bonds is 9. The zero-order valence-corrected chi connectivity index (χ0v) is 24.1. The predicted octanol–water partition coefficient (Wildman–Crippen LogP) is 7.30. The molecule has 0 spiro atoms. The number of ether oxygens (including phenoxy) is 1. The Morgan fingerprint density at radius 2 is 1.36 bits per heavy atom. The van der Waals surface area contributed by atoms with E-state index in [0.717, 1.165) is 11.1 Å². The fourth-order valence-corrected chi connectivity index (χ4v) is 6.06. The quantitative estimate of drug-likeness (QED) is 0.170. The molecule has 1 aliphatic heterocycles. The summed E-state index contributed by atoms with van der Waals surface area (Å²) in [6.45, 7) is 0.341. The monoisotopic (exact) mass is 588 g/mol. The summed E-state index contributed by atoms with van der Waals surface area (Å²) >= 11 is 0. The largest absolute Gasteiger partial charge is 0.497 e. The highest BCUT2D eigenvalue weighted by Gasteiger charge is 2.66. The topological polar surface area (TPSA) is 49.9 Å². The van der Waals surface area contributed by atoms with E-state index < -0.39 is 29.1 Å². The minimum Gasteiger partial charge on any atom is -0.497 e. The fraction of sp³-hybridized carbons (Fsp3) is 0.135. The molecule has 5 aromatic carbocycles. The second-order valence-corrected chi connectivity index (χ2v) is 10.8. The maximum atomic E-state index is 14.9. The van der Waals surface area contributed by atoms with Crippen LogP contribution in [0.5, 0.6) is 5.75 Å². The number of carbonyl (C=O) groups excluding carboxylic acids is 2. The van der Waals surface area contributed by atoms with Crippen LogP contribution in [0.2, 0.25) is 0 Å². The molecular formula is C37H30F2N2O3. The summed E-state index contributed by atoms with van der Waals surface area (Å²) in [4.78, 5) is 32.8. The number of halogens is 2. The van der Waals surface area contributed by atoms with Gasteiger partial charge < -0.3 is 14.5 Å². The fourth-order valence-electron chi connectivity index (χ4n) is 6.06. The van der Waals surface area contributed by atoms with Crippen molar-refractivity contribution in [2.75, 3.05) is 7.11 Å². The lowest BCUT2D eigenvalue weighted by atomic mass is 9.68. The zero-order chi connectivity index (χ0) is 30.7. The summed E-state index contributed by atoms with van der Waals surface area (Å²) in [5, 5.41) is 0. The zero-order valence-electron chi connectivity index (χ0n) is 24.1. The summed E-state index contributed by atoms with van der Waals surface area (Å²) < 4.78 is 34.0. The number of amides is 2. The van der Waals surface area contributed by atoms with Crippen molar-refractivity contribution in [3.05, 3.63) is 173 Å². The van der Waals surface area contributed by atoms with Gasteiger partial charge in [-0.3, -0.25) is 9.59 Å². The minimum atomic E-state index is -1.59. The van der Waals surface area contributed by atoms with Gasteiger partial charge in [-0.15, -0.1) is 0 Å². The van der Waals surface area contributed by atoms with Crippen LogP contribution in [-0.2, 0) is 23.4 Å². The Morgan fingerprint density at radius 1 is 0.773 bits per heavy atom. The Labute approximate surface area is 254 Å². The van der Waals surface area contributed by atoms with E-state index in [2.05, 4.69) is 0 Å². The Hall–Kier alpha value is -5.30. The van der Waals surface area contributed by atoms with Gasteiger partial charge in [-0.25, -0.2) is 8.78 Å². The van der Waals surface area contributed by atoms with Gasteiger partial charge in [-0.05, 0) is 64.7 Å². The van der Waals surface area contributed by atoms with E-state index in [1.807, 2.05) is 60.7 Å². The van der Waals surface area contributed by atoms with Crippen molar-refractivity contribution >= 4 is 11.8 Å². The Bertz CT molecular complexity index is 1760. The van der Waals surface area contributed by atoms with Crippen LogP contribution >= 0.6 is 0 Å². The van der Waals surface area contributed by atoms with E-state index in [1.54, 1.807) is 58.3 Å². The van der Waals surface area contributed by atoms with Crippen LogP contribution in [0, 0.1) is 11.6 Å². The Balaban J connectivity index is 1.59. The van der Waals surface area contributed by atoms with E-state index in [0.29, 0.717) is 22.4 Å². The van der Waals surface area contributed by atoms with Gasteiger partial charge in [0.2, 0.25) is 0 Å². The van der Waals surface area contributed by atoms with Gasteiger partial charge >= 0.3 is 0 Å². The molecule has 0 saturated carbocycles. The molecule has 1 aliphatic rings. The molecule has 2 atom stereocenters. The number of hydrogen-bond donors (Lipinski definition) is 0. The second kappa shape index (κ2) is 12.1. The molecule has 1 heterocycles. The molecule has 7 heteroatoms. The molecule has 44 heavy (non-hydrogen) atoms. The van der Waals surface area contributed by atoms with Crippen LogP contribution in [0.4, 0.5) is 8.78 Å². The van der Waals surface area contributed by atoms with Crippen LogP contribution < -0.4 is 4.74 Å². The van der Waals surface area contributed by atoms with Crippen molar-refractivity contribution in [3.63, 3.8) is 0 Å². The summed E-state index contributed by atoms with van der Waals surface area (Å²) in [5.41, 5.74) is 1.54. The van der Waals surface area contributed by atoms with Crippen molar-refractivity contribution in [1.29, 1.82) is 0 Å². The molecule has 0 aliphatic carbocycles. The molecule has 1 fully saturated rings. The number of carbonyl (C=O) groups is 2. The normalized spacial score (nSPS) is 17.6. The third-order valence-corrected chi connectivity index (χ3v) is 8.13. The van der Waals surface area contributed by atoms with Crippen LogP contribution in [0.15, 0.2) is 133 Å². The van der Waals surface area contributed by atoms with Crippen molar-refractivity contribution in [2.45, 2.75) is 24.7 Å². The lowest BCUT2D eigenvalue weighted by Gasteiger charge is -2.60. The first kappa shape index (κ1) is 28.8. The summed E-state index contributed by atoms with van der Waals surface area (Å²) in [6.07, 6.45) is 0. The molecule has 0 N–H and O–H groups in total. The second-order valence-electron chi connectivity index (χ2n) is 10.8. The van der Waals surface area contributed by atoms with Gasteiger partial charge in [0, 0.05) is 18.7 Å². The number of likely N-dealkylation sites (tertiary alicyclic amines) is 1. The molecule has 220 valence electrons. The highest BCUT2D eigenvalue weighted by molar-refractivity contribution is 6.03. The first-order valence-electron chi connectivity index (χ1n) is 14.3. The van der Waals surface area contributed by atoms with Gasteiger partial charge in [0.25, 0.3) is 11.8 Å². The van der Waals surface area contributed by atoms with Gasteiger partial charge in [0.05, 0.1) is 13.2 Å². The number of benzene rings is 5. The first-order valence-corrected chi connectivity index (χ1v) is 14.3. The van der Waals surface area contributed by atoms with E-state index in [-0.39, 0.29) is 19.0 Å². The van der Waals surface area contributed by atoms with Crippen molar-refractivity contribution in [2.24, 2.45) is 0 Å².